The molecule has 0 bridgehead atoms. The third-order valence-electron chi connectivity index (χ3n) is 5.23. The number of carbonyl (C=O) groups excluding carboxylic acids is 1. The van der Waals surface area contributed by atoms with Crippen molar-refractivity contribution in [2.45, 2.75) is 24.7 Å². The summed E-state index contributed by atoms with van der Waals surface area (Å²) in [7, 11) is -3.68. The number of anilines is 1. The molecule has 1 aliphatic rings. The van der Waals surface area contributed by atoms with Crippen molar-refractivity contribution in [1.82, 2.24) is 9.29 Å². The highest BCUT2D eigenvalue weighted by molar-refractivity contribution is 7.89. The average molecular weight is 461 g/mol. The second-order valence-electron chi connectivity index (χ2n) is 7.43. The number of piperidine rings is 1. The van der Waals surface area contributed by atoms with Gasteiger partial charge in [-0.15, -0.1) is 0 Å². The molecule has 1 saturated heterocycles. The molecule has 0 spiro atoms. The number of benzene rings is 2. The second-order valence-corrected chi connectivity index (χ2v) is 10.4. The Morgan fingerprint density at radius 2 is 2.00 bits per heavy atom. The fourth-order valence-electron chi connectivity index (χ4n) is 3.52. The summed E-state index contributed by atoms with van der Waals surface area (Å²) in [6.07, 6.45) is 1.15. The SMILES string of the molecule is Cc1ccc(S(=O)(=O)N2CCCC(C(=O)Nc3nc4ccc([N+](=O)[O-])cc4s3)C2)cc1. The van der Waals surface area contributed by atoms with E-state index in [4.69, 9.17) is 0 Å². The average Bonchev–Trinajstić information content (AvgIpc) is 3.15. The number of fused-ring (bicyclic) bond motifs is 1. The largest absolute Gasteiger partial charge is 0.302 e. The van der Waals surface area contributed by atoms with Crippen molar-refractivity contribution in [1.29, 1.82) is 0 Å². The van der Waals surface area contributed by atoms with Gasteiger partial charge in [0.1, 0.15) is 0 Å². The standard InChI is InChI=1S/C20H20N4O5S2/c1-13-4-7-16(8-5-13)31(28,29)23-10-2-3-14(12-23)19(25)22-20-21-17-9-6-15(24(26)27)11-18(17)30-20/h4-9,11,14H,2-3,10,12H2,1H3,(H,21,22,25). The van der Waals surface area contributed by atoms with E-state index in [1.807, 2.05) is 6.92 Å². The van der Waals surface area contributed by atoms with Crippen LogP contribution in [0.25, 0.3) is 10.2 Å². The number of nitro benzene ring substituents is 1. The number of nitrogens with one attached hydrogen (secondary N) is 1. The van der Waals surface area contributed by atoms with Crippen LogP contribution in [0, 0.1) is 23.0 Å². The number of carbonyl (C=O) groups is 1. The Kier molecular flexibility index (Phi) is 5.73. The summed E-state index contributed by atoms with van der Waals surface area (Å²) in [5.74, 6) is -0.812. The number of nitro groups is 1. The summed E-state index contributed by atoms with van der Waals surface area (Å²) < 4.78 is 27.9. The molecular formula is C20H20N4O5S2. The van der Waals surface area contributed by atoms with Gasteiger partial charge in [-0.1, -0.05) is 29.0 Å². The molecule has 1 aromatic heterocycles. The number of amides is 1. The van der Waals surface area contributed by atoms with Gasteiger partial charge in [-0.2, -0.15) is 4.31 Å². The van der Waals surface area contributed by atoms with Gasteiger partial charge in [-0.25, -0.2) is 13.4 Å². The molecule has 1 aliphatic heterocycles. The zero-order valence-corrected chi connectivity index (χ0v) is 18.3. The van der Waals surface area contributed by atoms with Crippen LogP contribution < -0.4 is 5.32 Å². The van der Waals surface area contributed by atoms with Crippen molar-refractivity contribution in [3.05, 3.63) is 58.1 Å². The fraction of sp³-hybridized carbons (Fsp3) is 0.300. The number of hydrogen-bond acceptors (Lipinski definition) is 7. The normalized spacial score (nSPS) is 17.5. The van der Waals surface area contributed by atoms with Crippen molar-refractivity contribution >= 4 is 48.3 Å². The second kappa shape index (κ2) is 8.33. The van der Waals surface area contributed by atoms with Crippen LogP contribution in [0.15, 0.2) is 47.4 Å². The number of sulfonamides is 1. The van der Waals surface area contributed by atoms with E-state index in [-0.39, 0.29) is 23.0 Å². The Morgan fingerprint density at radius 3 is 2.71 bits per heavy atom. The number of rotatable bonds is 5. The van der Waals surface area contributed by atoms with Gasteiger partial charge in [0.2, 0.25) is 15.9 Å². The highest BCUT2D eigenvalue weighted by Crippen LogP contribution is 2.30. The first-order valence-electron chi connectivity index (χ1n) is 9.67. The summed E-state index contributed by atoms with van der Waals surface area (Å²) in [5, 5.41) is 14.0. The molecule has 1 unspecified atom stereocenters. The first-order valence-corrected chi connectivity index (χ1v) is 11.9. The minimum Gasteiger partial charge on any atom is -0.302 e. The number of aromatic nitrogens is 1. The Bertz CT molecular complexity index is 1250. The first-order chi connectivity index (χ1) is 14.7. The van der Waals surface area contributed by atoms with Crippen LogP contribution in [0.3, 0.4) is 0 Å². The third-order valence-corrected chi connectivity index (χ3v) is 8.04. The molecule has 3 aromatic rings. The fourth-order valence-corrected chi connectivity index (χ4v) is 5.95. The molecule has 1 amide bonds. The zero-order chi connectivity index (χ0) is 22.2. The monoisotopic (exact) mass is 460 g/mol. The van der Waals surface area contributed by atoms with Crippen LogP contribution in [0.1, 0.15) is 18.4 Å². The van der Waals surface area contributed by atoms with E-state index in [1.54, 1.807) is 24.3 Å². The Morgan fingerprint density at radius 1 is 1.26 bits per heavy atom. The van der Waals surface area contributed by atoms with Gasteiger partial charge in [0.05, 0.1) is 26.0 Å². The van der Waals surface area contributed by atoms with Crippen LogP contribution in [-0.4, -0.2) is 41.6 Å². The van der Waals surface area contributed by atoms with Crippen molar-refractivity contribution in [2.24, 2.45) is 5.92 Å². The molecule has 2 heterocycles. The van der Waals surface area contributed by atoms with E-state index in [0.29, 0.717) is 34.7 Å². The zero-order valence-electron chi connectivity index (χ0n) is 16.6. The molecule has 0 aliphatic carbocycles. The van der Waals surface area contributed by atoms with Crippen molar-refractivity contribution in [3.8, 4) is 0 Å². The summed E-state index contributed by atoms with van der Waals surface area (Å²) in [6, 6.07) is 11.0. The number of aryl methyl sites for hydroxylation is 1. The predicted octanol–water partition coefficient (Wildman–Crippen LogP) is 3.55. The molecule has 1 fully saturated rings. The van der Waals surface area contributed by atoms with E-state index in [2.05, 4.69) is 10.3 Å². The highest BCUT2D eigenvalue weighted by atomic mass is 32.2. The Hall–Kier alpha value is -2.89. The van der Waals surface area contributed by atoms with Gasteiger partial charge in [-0.05, 0) is 38.0 Å². The maximum Gasteiger partial charge on any atom is 0.270 e. The van der Waals surface area contributed by atoms with E-state index in [0.717, 1.165) is 16.9 Å². The lowest BCUT2D eigenvalue weighted by atomic mass is 9.99. The van der Waals surface area contributed by atoms with Gasteiger partial charge in [0.15, 0.2) is 5.13 Å². The van der Waals surface area contributed by atoms with Gasteiger partial charge in [0.25, 0.3) is 5.69 Å². The lowest BCUT2D eigenvalue weighted by Gasteiger charge is -2.31. The van der Waals surface area contributed by atoms with Crippen LogP contribution in [0.5, 0.6) is 0 Å². The van der Waals surface area contributed by atoms with E-state index in [1.165, 1.54) is 22.5 Å². The first kappa shape index (κ1) is 21.3. The van der Waals surface area contributed by atoms with E-state index >= 15 is 0 Å². The predicted molar refractivity (Wildman–Crippen MR) is 118 cm³/mol. The minimum atomic E-state index is -3.68. The van der Waals surface area contributed by atoms with Crippen LogP contribution in [-0.2, 0) is 14.8 Å². The number of thiazole rings is 1. The maximum absolute atomic E-state index is 13.0. The lowest BCUT2D eigenvalue weighted by Crippen LogP contribution is -2.43. The molecule has 31 heavy (non-hydrogen) atoms. The minimum absolute atomic E-state index is 0.0433. The Balaban J connectivity index is 1.48. The molecule has 11 heteroatoms. The van der Waals surface area contributed by atoms with Crippen LogP contribution in [0.4, 0.5) is 10.8 Å². The quantitative estimate of drug-likeness (QED) is 0.459. The van der Waals surface area contributed by atoms with Crippen LogP contribution in [0.2, 0.25) is 0 Å². The summed E-state index contributed by atoms with van der Waals surface area (Å²) in [4.78, 5) is 27.8. The van der Waals surface area contributed by atoms with Gasteiger partial charge in [0, 0.05) is 25.2 Å². The molecule has 1 N–H and O–H groups in total. The summed E-state index contributed by atoms with van der Waals surface area (Å²) in [6.45, 7) is 2.35. The molecule has 9 nitrogen and oxygen atoms in total. The number of non-ortho nitro benzene ring substituents is 1. The smallest absolute Gasteiger partial charge is 0.270 e. The molecule has 0 saturated carbocycles. The molecule has 2 aromatic carbocycles. The summed E-state index contributed by atoms with van der Waals surface area (Å²) >= 11 is 1.15. The lowest BCUT2D eigenvalue weighted by molar-refractivity contribution is -0.384. The molecule has 0 radical (unpaired) electrons. The Labute approximate surface area is 182 Å². The molecule has 4 rings (SSSR count). The molecular weight excluding hydrogens is 440 g/mol. The number of hydrogen-bond donors (Lipinski definition) is 1. The van der Waals surface area contributed by atoms with Crippen LogP contribution >= 0.6 is 11.3 Å². The topological polar surface area (TPSA) is 123 Å². The van der Waals surface area contributed by atoms with Gasteiger partial charge >= 0.3 is 0 Å². The third kappa shape index (κ3) is 4.43. The highest BCUT2D eigenvalue weighted by Gasteiger charge is 2.33. The molecule has 1 atom stereocenters. The van der Waals surface area contributed by atoms with Crippen molar-refractivity contribution < 1.29 is 18.1 Å². The van der Waals surface area contributed by atoms with E-state index in [9.17, 15) is 23.3 Å². The van der Waals surface area contributed by atoms with Gasteiger partial charge in [-0.3, -0.25) is 14.9 Å². The summed E-state index contributed by atoms with van der Waals surface area (Å²) in [5.41, 5.74) is 1.48. The van der Waals surface area contributed by atoms with E-state index < -0.39 is 20.9 Å². The maximum atomic E-state index is 13.0. The molecule has 162 valence electrons. The van der Waals surface area contributed by atoms with Crippen molar-refractivity contribution in [3.63, 3.8) is 0 Å². The van der Waals surface area contributed by atoms with Gasteiger partial charge < -0.3 is 5.32 Å². The number of nitrogens with zero attached hydrogens (tertiary/aromatic N) is 3. The van der Waals surface area contributed by atoms with Crippen molar-refractivity contribution in [2.75, 3.05) is 18.4 Å².